The Labute approximate surface area is 149 Å². The summed E-state index contributed by atoms with van der Waals surface area (Å²) in [6.45, 7) is 5.52. The molecule has 0 radical (unpaired) electrons. The number of aromatic nitrogens is 2. The first kappa shape index (κ1) is 17.2. The van der Waals surface area contributed by atoms with E-state index < -0.39 is 5.97 Å². The third kappa shape index (κ3) is 3.91. The minimum atomic E-state index is -0.531. The first-order valence-electron chi connectivity index (χ1n) is 7.71. The van der Waals surface area contributed by atoms with Gasteiger partial charge in [0.1, 0.15) is 17.5 Å². The Morgan fingerprint density at radius 2 is 2.04 bits per heavy atom. The van der Waals surface area contributed by atoms with Gasteiger partial charge in [0.2, 0.25) is 0 Å². The highest BCUT2D eigenvalue weighted by molar-refractivity contribution is 6.30. The third-order valence-corrected chi connectivity index (χ3v) is 4.20. The second kappa shape index (κ2) is 7.11. The van der Waals surface area contributed by atoms with Crippen LogP contribution in [-0.2, 0) is 16.1 Å². The van der Waals surface area contributed by atoms with Crippen LogP contribution >= 0.6 is 11.6 Å². The molecule has 0 unspecified atom stereocenters. The summed E-state index contributed by atoms with van der Waals surface area (Å²) < 4.78 is 15.2. The lowest BCUT2D eigenvalue weighted by atomic mass is 10.0. The summed E-state index contributed by atoms with van der Waals surface area (Å²) in [6, 6.07) is 7.47. The van der Waals surface area contributed by atoms with Gasteiger partial charge in [-0.15, -0.1) is 0 Å². The number of hydrogen-bond acceptors (Lipinski definition) is 6. The van der Waals surface area contributed by atoms with E-state index in [4.69, 9.17) is 25.6 Å². The van der Waals surface area contributed by atoms with Gasteiger partial charge in [0.25, 0.3) is 5.88 Å². The van der Waals surface area contributed by atoms with Gasteiger partial charge in [-0.3, -0.25) is 0 Å². The van der Waals surface area contributed by atoms with Gasteiger partial charge in [0.05, 0.1) is 5.52 Å². The van der Waals surface area contributed by atoms with Crippen LogP contribution in [0.25, 0.3) is 10.9 Å². The smallest absolute Gasteiger partial charge is 0.344 e. The number of nitrogens with zero attached hydrogens (tertiary/aromatic N) is 2. The van der Waals surface area contributed by atoms with E-state index in [1.165, 1.54) is 0 Å². The van der Waals surface area contributed by atoms with Crippen LogP contribution in [-0.4, -0.2) is 22.7 Å². The van der Waals surface area contributed by atoms with Gasteiger partial charge in [0, 0.05) is 17.0 Å². The second-order valence-electron chi connectivity index (χ2n) is 5.74. The Hall–Kier alpha value is -2.60. The molecule has 3 rings (SSSR count). The van der Waals surface area contributed by atoms with E-state index in [9.17, 15) is 4.79 Å². The summed E-state index contributed by atoms with van der Waals surface area (Å²) in [5, 5.41) is 4.91. The second-order valence-corrected chi connectivity index (χ2v) is 6.10. The van der Waals surface area contributed by atoms with E-state index in [0.717, 1.165) is 22.0 Å². The first-order valence-corrected chi connectivity index (χ1v) is 8.09. The summed E-state index contributed by atoms with van der Waals surface area (Å²) in [6.07, 6.45) is 0. The molecule has 0 atom stereocenters. The number of halogens is 1. The number of carbonyl (C=O) groups is 1. The van der Waals surface area contributed by atoms with E-state index in [1.54, 1.807) is 13.0 Å². The van der Waals surface area contributed by atoms with Gasteiger partial charge in [-0.1, -0.05) is 23.7 Å². The molecule has 2 aromatic heterocycles. The van der Waals surface area contributed by atoms with Crippen molar-refractivity contribution in [2.45, 2.75) is 27.4 Å². The predicted octanol–water partition coefficient (Wildman–Crippen LogP) is 3.92. The van der Waals surface area contributed by atoms with Gasteiger partial charge >= 0.3 is 5.97 Å². The highest BCUT2D eigenvalue weighted by atomic mass is 35.5. The molecule has 0 saturated heterocycles. The fraction of sp³-hybridized carbons (Fsp3) is 0.278. The van der Waals surface area contributed by atoms with Gasteiger partial charge in [0.15, 0.2) is 6.61 Å². The largest absolute Gasteiger partial charge is 0.463 e. The maximum absolute atomic E-state index is 11.8. The van der Waals surface area contributed by atoms with E-state index in [1.807, 2.05) is 32.0 Å². The number of pyridine rings is 1. The highest BCUT2D eigenvalue weighted by Gasteiger charge is 2.12. The number of carbonyl (C=O) groups excluding carboxylic acids is 1. The van der Waals surface area contributed by atoms with Gasteiger partial charge in [-0.25, -0.2) is 9.78 Å². The lowest BCUT2D eigenvalue weighted by molar-refractivity contribution is -0.147. The Balaban J connectivity index is 1.65. The van der Waals surface area contributed by atoms with Gasteiger partial charge in [-0.05, 0) is 43.1 Å². The van der Waals surface area contributed by atoms with Crippen molar-refractivity contribution in [3.8, 4) is 5.88 Å². The quantitative estimate of drug-likeness (QED) is 0.507. The lowest BCUT2D eigenvalue weighted by Gasteiger charge is -2.10. The third-order valence-electron chi connectivity index (χ3n) is 3.87. The van der Waals surface area contributed by atoms with E-state index in [0.29, 0.717) is 16.5 Å². The van der Waals surface area contributed by atoms with Gasteiger partial charge < -0.3 is 14.0 Å². The minimum Gasteiger partial charge on any atom is -0.463 e. The van der Waals surface area contributed by atoms with E-state index in [2.05, 4.69) is 10.1 Å². The normalized spacial score (nSPS) is 10.9. The van der Waals surface area contributed by atoms with Crippen molar-refractivity contribution in [1.82, 2.24) is 10.1 Å². The molecule has 0 aliphatic heterocycles. The average molecular weight is 361 g/mol. The van der Waals surface area contributed by atoms with Crippen LogP contribution in [0.5, 0.6) is 5.88 Å². The fourth-order valence-electron chi connectivity index (χ4n) is 2.35. The molecule has 1 aromatic carbocycles. The summed E-state index contributed by atoms with van der Waals surface area (Å²) in [4.78, 5) is 16.2. The zero-order valence-electron chi connectivity index (χ0n) is 14.1. The van der Waals surface area contributed by atoms with Crippen molar-refractivity contribution >= 4 is 28.5 Å². The average Bonchev–Trinajstić information content (AvgIpc) is 3.00. The molecule has 0 saturated carbocycles. The first-order chi connectivity index (χ1) is 11.9. The SMILES string of the molecule is Cc1cc(OCC(=O)OCc2cc3ccc(C)c(C)c3nc2Cl)no1. The number of hydrogen-bond donors (Lipinski definition) is 0. The van der Waals surface area contributed by atoms with Crippen molar-refractivity contribution < 1.29 is 18.8 Å². The molecule has 0 N–H and O–H groups in total. The molecular weight excluding hydrogens is 344 g/mol. The molecular formula is C18H17ClN2O4. The van der Waals surface area contributed by atoms with Crippen molar-refractivity contribution in [3.63, 3.8) is 0 Å². The summed E-state index contributed by atoms with van der Waals surface area (Å²) in [7, 11) is 0. The van der Waals surface area contributed by atoms with Crippen LogP contribution in [0.15, 0.2) is 28.8 Å². The topological polar surface area (TPSA) is 74.5 Å². The Bertz CT molecular complexity index is 936. The molecule has 25 heavy (non-hydrogen) atoms. The summed E-state index contributed by atoms with van der Waals surface area (Å²) in [5.74, 6) is 0.311. The number of rotatable bonds is 5. The molecule has 0 amide bonds. The summed E-state index contributed by atoms with van der Waals surface area (Å²) >= 11 is 6.23. The molecule has 6 nitrogen and oxygen atoms in total. The predicted molar refractivity (Wildman–Crippen MR) is 92.8 cm³/mol. The monoisotopic (exact) mass is 360 g/mol. The molecule has 0 spiro atoms. The van der Waals surface area contributed by atoms with E-state index >= 15 is 0 Å². The van der Waals surface area contributed by atoms with Crippen LogP contribution in [0.4, 0.5) is 0 Å². The number of benzene rings is 1. The van der Waals surface area contributed by atoms with Crippen LogP contribution < -0.4 is 4.74 Å². The molecule has 3 aromatic rings. The number of ether oxygens (including phenoxy) is 2. The van der Waals surface area contributed by atoms with Crippen molar-refractivity contribution in [2.75, 3.05) is 6.61 Å². The van der Waals surface area contributed by atoms with Gasteiger partial charge in [-0.2, -0.15) is 0 Å². The molecule has 0 fully saturated rings. The standard InChI is InChI=1S/C18H17ClN2O4/c1-10-4-5-13-7-14(18(19)20-17(13)12(10)3)8-24-16(22)9-23-15-6-11(2)25-21-15/h4-7H,8-9H2,1-3H3. The Morgan fingerprint density at radius 3 is 2.76 bits per heavy atom. The number of aryl methyl sites for hydroxylation is 3. The maximum Gasteiger partial charge on any atom is 0.344 e. The molecule has 2 heterocycles. The molecule has 0 aliphatic carbocycles. The van der Waals surface area contributed by atoms with Crippen LogP contribution in [0.1, 0.15) is 22.5 Å². The summed E-state index contributed by atoms with van der Waals surface area (Å²) in [5.41, 5.74) is 3.72. The number of esters is 1. The fourth-order valence-corrected chi connectivity index (χ4v) is 2.54. The zero-order chi connectivity index (χ0) is 18.0. The van der Waals surface area contributed by atoms with Crippen LogP contribution in [0.2, 0.25) is 5.15 Å². The van der Waals surface area contributed by atoms with E-state index in [-0.39, 0.29) is 19.1 Å². The highest BCUT2D eigenvalue weighted by Crippen LogP contribution is 2.25. The molecule has 0 aliphatic rings. The maximum atomic E-state index is 11.8. The van der Waals surface area contributed by atoms with Crippen LogP contribution in [0, 0.1) is 20.8 Å². The van der Waals surface area contributed by atoms with Crippen LogP contribution in [0.3, 0.4) is 0 Å². The molecule has 7 heteroatoms. The van der Waals surface area contributed by atoms with Crippen molar-refractivity contribution in [1.29, 1.82) is 0 Å². The lowest BCUT2D eigenvalue weighted by Crippen LogP contribution is -2.15. The van der Waals surface area contributed by atoms with Crippen molar-refractivity contribution in [3.05, 3.63) is 51.9 Å². The molecule has 0 bridgehead atoms. The Kier molecular flexibility index (Phi) is 4.90. The minimum absolute atomic E-state index is 0.0226. The Morgan fingerprint density at radius 1 is 1.24 bits per heavy atom. The molecule has 130 valence electrons. The van der Waals surface area contributed by atoms with Crippen molar-refractivity contribution in [2.24, 2.45) is 0 Å². The zero-order valence-corrected chi connectivity index (χ0v) is 14.9. The number of fused-ring (bicyclic) bond motifs is 1.